The van der Waals surface area contributed by atoms with Crippen LogP contribution in [0.5, 0.6) is 0 Å². The molecule has 0 bridgehead atoms. The molecule has 1 fully saturated rings. The van der Waals surface area contributed by atoms with Crippen molar-refractivity contribution < 1.29 is 5.11 Å². The largest absolute Gasteiger partial charge is 0.386 e. The highest BCUT2D eigenvalue weighted by Gasteiger charge is 2.44. The molecule has 1 aromatic rings. The summed E-state index contributed by atoms with van der Waals surface area (Å²) in [7, 11) is 0. The summed E-state index contributed by atoms with van der Waals surface area (Å²) in [5.74, 6) is 0.880. The smallest absolute Gasteiger partial charge is 0.225 e. The lowest BCUT2D eigenvalue weighted by Crippen LogP contribution is -2.65. The molecule has 15 heavy (non-hydrogen) atoms. The van der Waals surface area contributed by atoms with Crippen LogP contribution < -0.4 is 4.90 Å². The third-order valence-corrected chi connectivity index (χ3v) is 3.09. The first kappa shape index (κ1) is 10.6. The summed E-state index contributed by atoms with van der Waals surface area (Å²) in [5.41, 5.74) is -0.594. The van der Waals surface area contributed by atoms with Crippen LogP contribution >= 0.6 is 11.6 Å². The predicted molar refractivity (Wildman–Crippen MR) is 59.0 cm³/mol. The fraction of sp³-hybridized carbons (Fsp3) is 0.600. The molecule has 5 heteroatoms. The first-order valence-electron chi connectivity index (χ1n) is 4.96. The number of anilines is 1. The molecule has 1 aliphatic heterocycles. The topological polar surface area (TPSA) is 49.2 Å². The van der Waals surface area contributed by atoms with Crippen molar-refractivity contribution in [1.82, 2.24) is 9.97 Å². The van der Waals surface area contributed by atoms with Gasteiger partial charge in [0, 0.05) is 0 Å². The lowest BCUT2D eigenvalue weighted by atomic mass is 9.83. The van der Waals surface area contributed by atoms with Crippen LogP contribution in [-0.4, -0.2) is 33.8 Å². The molecule has 0 radical (unpaired) electrons. The van der Waals surface area contributed by atoms with E-state index in [1.54, 1.807) is 12.4 Å². The molecule has 0 unspecified atom stereocenters. The van der Waals surface area contributed by atoms with Gasteiger partial charge >= 0.3 is 0 Å². The number of aromatic nitrogens is 2. The molecule has 0 amide bonds. The zero-order valence-corrected chi connectivity index (χ0v) is 9.57. The normalized spacial score (nSPS) is 19.1. The van der Waals surface area contributed by atoms with Crippen molar-refractivity contribution in [1.29, 1.82) is 0 Å². The van der Waals surface area contributed by atoms with Crippen LogP contribution in [0.4, 0.5) is 5.95 Å². The van der Waals surface area contributed by atoms with E-state index in [2.05, 4.69) is 9.97 Å². The molecule has 4 nitrogen and oxygen atoms in total. The predicted octanol–water partition coefficient (Wildman–Crippen LogP) is 1.34. The minimum Gasteiger partial charge on any atom is -0.386 e. The molecule has 0 aliphatic carbocycles. The number of β-amino-alcohol motifs (C(OH)–C–C–N with tert-alkyl or cyclic N) is 1. The van der Waals surface area contributed by atoms with Crippen molar-refractivity contribution in [3.8, 4) is 0 Å². The lowest BCUT2D eigenvalue weighted by molar-refractivity contribution is -0.0308. The van der Waals surface area contributed by atoms with Crippen LogP contribution in [0.15, 0.2) is 12.4 Å². The van der Waals surface area contributed by atoms with Gasteiger partial charge in [-0.15, -0.1) is 0 Å². The number of aliphatic hydroxyl groups is 1. The Balaban J connectivity index is 2.03. The summed E-state index contributed by atoms with van der Waals surface area (Å²) in [4.78, 5) is 10.1. The molecule has 2 heterocycles. The van der Waals surface area contributed by atoms with Gasteiger partial charge in [-0.25, -0.2) is 9.97 Å². The molecule has 0 aromatic carbocycles. The van der Waals surface area contributed by atoms with Crippen LogP contribution in [0.3, 0.4) is 0 Å². The molecule has 1 aliphatic rings. The Morgan fingerprint density at radius 3 is 2.40 bits per heavy atom. The van der Waals surface area contributed by atoms with Crippen molar-refractivity contribution in [3.05, 3.63) is 17.4 Å². The van der Waals surface area contributed by atoms with Gasteiger partial charge in [0.15, 0.2) is 0 Å². The van der Waals surface area contributed by atoms with E-state index in [0.29, 0.717) is 24.1 Å². The van der Waals surface area contributed by atoms with E-state index in [4.69, 9.17) is 11.6 Å². The van der Waals surface area contributed by atoms with Crippen molar-refractivity contribution >= 4 is 17.5 Å². The Labute approximate surface area is 93.9 Å². The van der Waals surface area contributed by atoms with Crippen LogP contribution in [0, 0.1) is 5.92 Å². The fourth-order valence-corrected chi connectivity index (χ4v) is 1.69. The number of rotatable bonds is 2. The van der Waals surface area contributed by atoms with E-state index >= 15 is 0 Å². The maximum absolute atomic E-state index is 10.1. The van der Waals surface area contributed by atoms with E-state index in [1.165, 1.54) is 0 Å². The van der Waals surface area contributed by atoms with E-state index in [0.717, 1.165) is 0 Å². The average molecular weight is 228 g/mol. The highest BCUT2D eigenvalue weighted by Crippen LogP contribution is 2.30. The minimum atomic E-state index is -0.594. The van der Waals surface area contributed by atoms with Crippen molar-refractivity contribution in [3.63, 3.8) is 0 Å². The van der Waals surface area contributed by atoms with Crippen molar-refractivity contribution in [2.24, 2.45) is 5.92 Å². The van der Waals surface area contributed by atoms with Gasteiger partial charge < -0.3 is 10.0 Å². The molecule has 82 valence electrons. The van der Waals surface area contributed by atoms with Gasteiger partial charge in [0.25, 0.3) is 0 Å². The molecule has 0 saturated carbocycles. The molecule has 1 aromatic heterocycles. The van der Waals surface area contributed by atoms with Gasteiger partial charge in [-0.1, -0.05) is 25.4 Å². The molecule has 2 rings (SSSR count). The zero-order chi connectivity index (χ0) is 11.1. The van der Waals surface area contributed by atoms with Crippen LogP contribution in [0.1, 0.15) is 13.8 Å². The summed E-state index contributed by atoms with van der Waals surface area (Å²) >= 11 is 5.69. The van der Waals surface area contributed by atoms with E-state index in [1.807, 2.05) is 18.7 Å². The highest BCUT2D eigenvalue weighted by atomic mass is 35.5. The van der Waals surface area contributed by atoms with Gasteiger partial charge in [-0.3, -0.25) is 0 Å². The summed E-state index contributed by atoms with van der Waals surface area (Å²) in [6.45, 7) is 5.21. The minimum absolute atomic E-state index is 0.251. The summed E-state index contributed by atoms with van der Waals surface area (Å²) < 4.78 is 0. The van der Waals surface area contributed by atoms with Gasteiger partial charge in [0.1, 0.15) is 5.60 Å². The Morgan fingerprint density at radius 1 is 1.40 bits per heavy atom. The van der Waals surface area contributed by atoms with E-state index in [-0.39, 0.29) is 5.92 Å². The highest BCUT2D eigenvalue weighted by molar-refractivity contribution is 6.30. The maximum Gasteiger partial charge on any atom is 0.225 e. The molecule has 0 atom stereocenters. The van der Waals surface area contributed by atoms with E-state index in [9.17, 15) is 5.11 Å². The molecule has 1 N–H and O–H groups in total. The fourth-order valence-electron chi connectivity index (χ4n) is 1.59. The number of nitrogens with zero attached hydrogens (tertiary/aromatic N) is 3. The average Bonchev–Trinajstić information content (AvgIpc) is 2.14. The Bertz CT molecular complexity index is 346. The third-order valence-electron chi connectivity index (χ3n) is 2.89. The van der Waals surface area contributed by atoms with Crippen LogP contribution in [-0.2, 0) is 0 Å². The molecular weight excluding hydrogens is 214 g/mol. The standard InChI is InChI=1S/C10H14ClN3O/c1-7(2)10(15)5-14(6-10)9-12-3-8(11)4-13-9/h3-4,7,15H,5-6H2,1-2H3. The first-order chi connectivity index (χ1) is 7.01. The number of hydrogen-bond donors (Lipinski definition) is 1. The molecular formula is C10H14ClN3O. The van der Waals surface area contributed by atoms with E-state index < -0.39 is 5.60 Å². The first-order valence-corrected chi connectivity index (χ1v) is 5.34. The van der Waals surface area contributed by atoms with Gasteiger partial charge in [0.2, 0.25) is 5.95 Å². The zero-order valence-electron chi connectivity index (χ0n) is 8.81. The monoisotopic (exact) mass is 227 g/mol. The quantitative estimate of drug-likeness (QED) is 0.829. The summed E-state index contributed by atoms with van der Waals surface area (Å²) in [5, 5.41) is 10.6. The van der Waals surface area contributed by atoms with Gasteiger partial charge in [-0.05, 0) is 5.92 Å². The van der Waals surface area contributed by atoms with Crippen LogP contribution in [0.2, 0.25) is 5.02 Å². The summed E-state index contributed by atoms with van der Waals surface area (Å²) in [6, 6.07) is 0. The maximum atomic E-state index is 10.1. The summed E-state index contributed by atoms with van der Waals surface area (Å²) in [6.07, 6.45) is 3.13. The second kappa shape index (κ2) is 3.61. The van der Waals surface area contributed by atoms with Gasteiger partial charge in [-0.2, -0.15) is 0 Å². The molecule has 1 saturated heterocycles. The number of hydrogen-bond acceptors (Lipinski definition) is 4. The SMILES string of the molecule is CC(C)C1(O)CN(c2ncc(Cl)cn2)C1. The second-order valence-electron chi connectivity index (χ2n) is 4.32. The van der Waals surface area contributed by atoms with Gasteiger partial charge in [0.05, 0.1) is 30.5 Å². The Morgan fingerprint density at radius 2 is 1.93 bits per heavy atom. The van der Waals surface area contributed by atoms with Crippen LogP contribution in [0.25, 0.3) is 0 Å². The van der Waals surface area contributed by atoms with Crippen molar-refractivity contribution in [2.45, 2.75) is 19.4 Å². The third kappa shape index (κ3) is 1.92. The second-order valence-corrected chi connectivity index (χ2v) is 4.75. The number of halogens is 1. The van der Waals surface area contributed by atoms with Crippen molar-refractivity contribution in [2.75, 3.05) is 18.0 Å². The Kier molecular flexibility index (Phi) is 2.56. The molecule has 0 spiro atoms. The Hall–Kier alpha value is -0.870. The lowest BCUT2D eigenvalue weighted by Gasteiger charge is -2.48.